The van der Waals surface area contributed by atoms with Gasteiger partial charge in [0.05, 0.1) is 4.90 Å². The number of benzene rings is 2. The number of fused-ring (bicyclic) bond motifs is 1. The lowest BCUT2D eigenvalue weighted by atomic mass is 9.99. The highest BCUT2D eigenvalue weighted by molar-refractivity contribution is 7.90. The number of nitrogens with one attached hydrogen (secondary N) is 1. The topological polar surface area (TPSA) is 66.5 Å². The van der Waals surface area contributed by atoms with Gasteiger partial charge in [-0.3, -0.25) is 9.69 Å². The van der Waals surface area contributed by atoms with Crippen molar-refractivity contribution in [1.29, 1.82) is 0 Å². The normalized spacial score (nSPS) is 15.9. The first-order valence-electron chi connectivity index (χ1n) is 8.74. The van der Waals surface area contributed by atoms with Crippen LogP contribution in [0.25, 0.3) is 0 Å². The molecule has 0 fully saturated rings. The van der Waals surface area contributed by atoms with Gasteiger partial charge in [-0.05, 0) is 48.7 Å². The van der Waals surface area contributed by atoms with Crippen LogP contribution in [0.15, 0.2) is 53.4 Å². The maximum absolute atomic E-state index is 12.3. The predicted molar refractivity (Wildman–Crippen MR) is 102 cm³/mol. The maximum Gasteiger partial charge on any atom is 0.251 e. The van der Waals surface area contributed by atoms with Gasteiger partial charge < -0.3 is 5.32 Å². The number of rotatable bonds is 5. The number of carbonyl (C=O) groups excluding carboxylic acids is 1. The molecule has 0 aromatic heterocycles. The van der Waals surface area contributed by atoms with Crippen LogP contribution >= 0.6 is 0 Å². The summed E-state index contributed by atoms with van der Waals surface area (Å²) in [4.78, 5) is 14.9. The molecule has 0 radical (unpaired) electrons. The Labute approximate surface area is 154 Å². The first-order chi connectivity index (χ1) is 12.3. The highest BCUT2D eigenvalue weighted by Gasteiger charge is 2.21. The minimum absolute atomic E-state index is 0.186. The fourth-order valence-corrected chi connectivity index (χ4v) is 3.85. The molecular formula is C20H24N2O3S. The summed E-state index contributed by atoms with van der Waals surface area (Å²) in [7, 11) is -3.25. The van der Waals surface area contributed by atoms with Crippen LogP contribution in [0.4, 0.5) is 0 Å². The van der Waals surface area contributed by atoms with Crippen molar-refractivity contribution in [2.24, 2.45) is 0 Å². The summed E-state index contributed by atoms with van der Waals surface area (Å²) >= 11 is 0. The standard InChI is InChI=1S/C20H24N2O3S/c1-15(22-12-11-16-5-3-4-6-18(16)14-22)13-21-20(23)17-7-9-19(10-8-17)26(2,24)25/h3-10,15H,11-14H2,1-2H3,(H,21,23)/t15-/m0/s1. The van der Waals surface area contributed by atoms with E-state index < -0.39 is 9.84 Å². The van der Waals surface area contributed by atoms with Gasteiger partial charge in [0, 0.05) is 37.5 Å². The van der Waals surface area contributed by atoms with Crippen LogP contribution in [0.5, 0.6) is 0 Å². The van der Waals surface area contributed by atoms with Crippen molar-refractivity contribution in [3.63, 3.8) is 0 Å². The van der Waals surface area contributed by atoms with Gasteiger partial charge >= 0.3 is 0 Å². The third-order valence-electron chi connectivity index (χ3n) is 4.89. The zero-order chi connectivity index (χ0) is 18.7. The van der Waals surface area contributed by atoms with Gasteiger partial charge in [-0.15, -0.1) is 0 Å². The largest absolute Gasteiger partial charge is 0.350 e. The van der Waals surface area contributed by atoms with Gasteiger partial charge in [-0.1, -0.05) is 24.3 Å². The number of hydrogen-bond donors (Lipinski definition) is 1. The van der Waals surface area contributed by atoms with Crippen molar-refractivity contribution in [1.82, 2.24) is 10.2 Å². The molecule has 5 nitrogen and oxygen atoms in total. The third-order valence-corrected chi connectivity index (χ3v) is 6.01. The molecule has 0 saturated carbocycles. The number of carbonyl (C=O) groups is 1. The van der Waals surface area contributed by atoms with Crippen LogP contribution in [0.2, 0.25) is 0 Å². The van der Waals surface area contributed by atoms with Crippen molar-refractivity contribution >= 4 is 15.7 Å². The van der Waals surface area contributed by atoms with Crippen LogP contribution in [0.1, 0.15) is 28.4 Å². The summed E-state index contributed by atoms with van der Waals surface area (Å²) in [5, 5.41) is 2.95. The second kappa shape index (κ2) is 7.60. The van der Waals surface area contributed by atoms with E-state index >= 15 is 0 Å². The molecule has 1 aliphatic heterocycles. The Bertz CT molecular complexity index is 892. The molecule has 0 spiro atoms. The summed E-state index contributed by atoms with van der Waals surface area (Å²) < 4.78 is 23.0. The average Bonchev–Trinajstić information content (AvgIpc) is 2.64. The van der Waals surface area contributed by atoms with E-state index in [-0.39, 0.29) is 16.8 Å². The van der Waals surface area contributed by atoms with Gasteiger partial charge in [-0.25, -0.2) is 8.42 Å². The summed E-state index contributed by atoms with van der Waals surface area (Å²) in [6.07, 6.45) is 2.18. The van der Waals surface area contributed by atoms with E-state index in [1.807, 2.05) is 0 Å². The fourth-order valence-electron chi connectivity index (χ4n) is 3.22. The minimum Gasteiger partial charge on any atom is -0.350 e. The molecule has 2 aromatic carbocycles. The molecule has 26 heavy (non-hydrogen) atoms. The Hall–Kier alpha value is -2.18. The van der Waals surface area contributed by atoms with E-state index in [4.69, 9.17) is 0 Å². The van der Waals surface area contributed by atoms with Crippen molar-refractivity contribution in [2.75, 3.05) is 19.3 Å². The molecule has 1 atom stereocenters. The zero-order valence-electron chi connectivity index (χ0n) is 15.1. The minimum atomic E-state index is -3.25. The van der Waals surface area contributed by atoms with E-state index in [1.165, 1.54) is 23.3 Å². The smallest absolute Gasteiger partial charge is 0.251 e. The van der Waals surface area contributed by atoms with Crippen LogP contribution in [0.3, 0.4) is 0 Å². The number of nitrogens with zero attached hydrogens (tertiary/aromatic N) is 1. The lowest BCUT2D eigenvalue weighted by Gasteiger charge is -2.33. The quantitative estimate of drug-likeness (QED) is 0.874. The predicted octanol–water partition coefficient (Wildman–Crippen LogP) is 2.27. The molecule has 1 heterocycles. The average molecular weight is 372 g/mol. The second-order valence-electron chi connectivity index (χ2n) is 6.84. The van der Waals surface area contributed by atoms with Gasteiger partial charge in [-0.2, -0.15) is 0 Å². The van der Waals surface area contributed by atoms with Crippen LogP contribution in [-0.2, 0) is 22.8 Å². The SMILES string of the molecule is C[C@@H](CNC(=O)c1ccc(S(C)(=O)=O)cc1)N1CCc2ccccc2C1. The fraction of sp³-hybridized carbons (Fsp3) is 0.350. The van der Waals surface area contributed by atoms with Crippen LogP contribution in [0, 0.1) is 0 Å². The molecule has 1 aliphatic rings. The van der Waals surface area contributed by atoms with E-state index in [0.29, 0.717) is 12.1 Å². The molecule has 0 unspecified atom stereocenters. The Morgan fingerprint density at radius 2 is 1.77 bits per heavy atom. The molecule has 0 bridgehead atoms. The van der Waals surface area contributed by atoms with E-state index in [1.54, 1.807) is 12.1 Å². The molecule has 138 valence electrons. The molecule has 2 aromatic rings. The van der Waals surface area contributed by atoms with Crippen molar-refractivity contribution < 1.29 is 13.2 Å². The number of hydrogen-bond acceptors (Lipinski definition) is 4. The molecular weight excluding hydrogens is 348 g/mol. The monoisotopic (exact) mass is 372 g/mol. The maximum atomic E-state index is 12.3. The highest BCUT2D eigenvalue weighted by atomic mass is 32.2. The first kappa shape index (κ1) is 18.6. The van der Waals surface area contributed by atoms with Crippen LogP contribution in [-0.4, -0.2) is 44.6 Å². The van der Waals surface area contributed by atoms with E-state index in [9.17, 15) is 13.2 Å². The first-order valence-corrected chi connectivity index (χ1v) is 10.6. The Morgan fingerprint density at radius 1 is 1.12 bits per heavy atom. The Balaban J connectivity index is 1.56. The molecule has 0 aliphatic carbocycles. The van der Waals surface area contributed by atoms with Crippen LogP contribution < -0.4 is 5.32 Å². The summed E-state index contributed by atoms with van der Waals surface area (Å²) in [6, 6.07) is 14.7. The highest BCUT2D eigenvalue weighted by Crippen LogP contribution is 2.20. The summed E-state index contributed by atoms with van der Waals surface area (Å²) in [5.74, 6) is -0.186. The number of sulfone groups is 1. The molecule has 0 saturated heterocycles. The Morgan fingerprint density at radius 3 is 2.42 bits per heavy atom. The lowest BCUT2D eigenvalue weighted by molar-refractivity contribution is 0.0932. The van der Waals surface area contributed by atoms with Gasteiger partial charge in [0.15, 0.2) is 9.84 Å². The van der Waals surface area contributed by atoms with Crippen molar-refractivity contribution in [3.8, 4) is 0 Å². The lowest BCUT2D eigenvalue weighted by Crippen LogP contribution is -2.44. The zero-order valence-corrected chi connectivity index (χ0v) is 15.9. The summed E-state index contributed by atoms with van der Waals surface area (Å²) in [6.45, 7) is 4.54. The molecule has 3 rings (SSSR count). The molecule has 1 amide bonds. The third kappa shape index (κ3) is 4.31. The molecule has 6 heteroatoms. The van der Waals surface area contributed by atoms with E-state index in [0.717, 1.165) is 25.8 Å². The van der Waals surface area contributed by atoms with E-state index in [2.05, 4.69) is 41.4 Å². The van der Waals surface area contributed by atoms with Gasteiger partial charge in [0.25, 0.3) is 5.91 Å². The van der Waals surface area contributed by atoms with Gasteiger partial charge in [0.1, 0.15) is 0 Å². The Kier molecular flexibility index (Phi) is 5.44. The second-order valence-corrected chi connectivity index (χ2v) is 8.86. The number of amides is 1. The van der Waals surface area contributed by atoms with Gasteiger partial charge in [0.2, 0.25) is 0 Å². The van der Waals surface area contributed by atoms with Crippen molar-refractivity contribution in [2.45, 2.75) is 30.8 Å². The molecule has 1 N–H and O–H groups in total. The van der Waals surface area contributed by atoms with Crippen molar-refractivity contribution in [3.05, 3.63) is 65.2 Å². The summed E-state index contributed by atoms with van der Waals surface area (Å²) in [5.41, 5.74) is 3.23.